The van der Waals surface area contributed by atoms with Crippen LogP contribution in [0.15, 0.2) is 24.3 Å². The number of hydrogen-bond donors (Lipinski definition) is 0. The van der Waals surface area contributed by atoms with Gasteiger partial charge in [0, 0.05) is 11.5 Å². The first kappa shape index (κ1) is 20.9. The van der Waals surface area contributed by atoms with E-state index in [-0.39, 0.29) is 6.29 Å². The molecule has 0 radical (unpaired) electrons. The third-order valence-corrected chi connectivity index (χ3v) is 7.97. The van der Waals surface area contributed by atoms with Gasteiger partial charge in [-0.25, -0.2) is 0 Å². The van der Waals surface area contributed by atoms with E-state index in [4.69, 9.17) is 14.7 Å². The van der Waals surface area contributed by atoms with Gasteiger partial charge in [0.1, 0.15) is 0 Å². The van der Waals surface area contributed by atoms with Gasteiger partial charge in [-0.15, -0.1) is 0 Å². The minimum atomic E-state index is -0.270. The van der Waals surface area contributed by atoms with E-state index in [2.05, 4.69) is 13.0 Å². The third kappa shape index (κ3) is 5.22. The van der Waals surface area contributed by atoms with Crippen LogP contribution in [0.3, 0.4) is 0 Å². The highest BCUT2D eigenvalue weighted by molar-refractivity contribution is 5.32. The lowest BCUT2D eigenvalue weighted by Gasteiger charge is -2.41. The molecule has 1 aromatic rings. The largest absolute Gasteiger partial charge is 0.348 e. The summed E-state index contributed by atoms with van der Waals surface area (Å²) in [6.45, 7) is 3.95. The number of nitrogens with zero attached hydrogens (tertiary/aromatic N) is 1. The van der Waals surface area contributed by atoms with E-state index in [0.29, 0.717) is 11.5 Å². The van der Waals surface area contributed by atoms with E-state index in [1.165, 1.54) is 64.2 Å². The summed E-state index contributed by atoms with van der Waals surface area (Å²) in [5.41, 5.74) is 1.70. The van der Waals surface area contributed by atoms with Crippen molar-refractivity contribution in [2.45, 2.75) is 77.4 Å². The van der Waals surface area contributed by atoms with Crippen LogP contribution in [0.1, 0.15) is 88.5 Å². The van der Waals surface area contributed by atoms with E-state index >= 15 is 0 Å². The highest BCUT2D eigenvalue weighted by atomic mass is 16.7. The van der Waals surface area contributed by atoms with E-state index in [9.17, 15) is 0 Å². The average Bonchev–Trinajstić information content (AvgIpc) is 2.80. The van der Waals surface area contributed by atoms with Gasteiger partial charge >= 0.3 is 0 Å². The second kappa shape index (κ2) is 10.1. The molecule has 3 fully saturated rings. The Balaban J connectivity index is 1.20. The zero-order valence-corrected chi connectivity index (χ0v) is 18.0. The van der Waals surface area contributed by atoms with E-state index in [1.807, 2.05) is 24.3 Å². The van der Waals surface area contributed by atoms with Crippen molar-refractivity contribution in [3.05, 3.63) is 35.4 Å². The second-order valence-corrected chi connectivity index (χ2v) is 9.74. The Morgan fingerprint density at radius 1 is 0.793 bits per heavy atom. The van der Waals surface area contributed by atoms with Crippen LogP contribution in [-0.4, -0.2) is 13.2 Å². The van der Waals surface area contributed by atoms with Crippen LogP contribution in [0.5, 0.6) is 0 Å². The van der Waals surface area contributed by atoms with Gasteiger partial charge in [-0.3, -0.25) is 0 Å². The highest BCUT2D eigenvalue weighted by Crippen LogP contribution is 2.44. The molecule has 3 nitrogen and oxygen atoms in total. The topological polar surface area (TPSA) is 42.2 Å². The van der Waals surface area contributed by atoms with Crippen molar-refractivity contribution in [1.82, 2.24) is 0 Å². The molecule has 2 aliphatic carbocycles. The first-order valence-corrected chi connectivity index (χ1v) is 12.0. The Labute approximate surface area is 176 Å². The van der Waals surface area contributed by atoms with Gasteiger partial charge < -0.3 is 9.47 Å². The first-order chi connectivity index (χ1) is 14.3. The molecule has 1 aliphatic heterocycles. The average molecular weight is 396 g/mol. The second-order valence-electron chi connectivity index (χ2n) is 9.74. The van der Waals surface area contributed by atoms with Crippen LogP contribution in [0.25, 0.3) is 0 Å². The molecule has 29 heavy (non-hydrogen) atoms. The van der Waals surface area contributed by atoms with Crippen molar-refractivity contribution in [3.8, 4) is 6.07 Å². The summed E-state index contributed by atoms with van der Waals surface area (Å²) in [6, 6.07) is 9.73. The Kier molecular flexibility index (Phi) is 7.27. The molecule has 0 unspecified atom stereocenters. The molecule has 1 aromatic carbocycles. The van der Waals surface area contributed by atoms with Crippen molar-refractivity contribution in [3.63, 3.8) is 0 Å². The van der Waals surface area contributed by atoms with Crippen LogP contribution >= 0.6 is 0 Å². The molecule has 1 saturated heterocycles. The summed E-state index contributed by atoms with van der Waals surface area (Å²) in [6.07, 6.45) is 14.0. The molecular weight excluding hydrogens is 358 g/mol. The standard InChI is InChI=1S/C26H37NO2/c1-2-3-19-4-8-21(9-5-19)22-12-14-23(15-13-22)25-17-28-26(29-18-25)24-10-6-20(16-27)7-11-24/h6-7,10-11,19,21-23,25-26H,2-5,8-9,12-15,17-18H2,1H3. The number of ether oxygens (including phenoxy) is 2. The molecule has 3 heteroatoms. The summed E-state index contributed by atoms with van der Waals surface area (Å²) in [5.74, 6) is 4.32. The van der Waals surface area contributed by atoms with Gasteiger partial charge in [-0.1, -0.05) is 44.7 Å². The molecule has 0 spiro atoms. The third-order valence-electron chi connectivity index (χ3n) is 7.97. The quantitative estimate of drug-likeness (QED) is 0.561. The predicted molar refractivity (Wildman–Crippen MR) is 115 cm³/mol. The van der Waals surface area contributed by atoms with Crippen LogP contribution in [0.4, 0.5) is 0 Å². The Bertz CT molecular complexity index is 655. The maximum absolute atomic E-state index is 8.94. The Morgan fingerprint density at radius 2 is 1.31 bits per heavy atom. The predicted octanol–water partition coefficient (Wildman–Crippen LogP) is 6.63. The molecule has 158 valence electrons. The molecule has 0 N–H and O–H groups in total. The van der Waals surface area contributed by atoms with Gasteiger partial charge in [0.15, 0.2) is 6.29 Å². The molecule has 0 bridgehead atoms. The van der Waals surface area contributed by atoms with Crippen LogP contribution in [0.2, 0.25) is 0 Å². The Hall–Kier alpha value is -1.37. The van der Waals surface area contributed by atoms with Crippen molar-refractivity contribution in [2.24, 2.45) is 29.6 Å². The fraction of sp³-hybridized carbons (Fsp3) is 0.731. The van der Waals surface area contributed by atoms with Crippen LogP contribution in [-0.2, 0) is 9.47 Å². The lowest BCUT2D eigenvalue weighted by molar-refractivity contribution is -0.215. The minimum absolute atomic E-state index is 0.270. The summed E-state index contributed by atoms with van der Waals surface area (Å²) < 4.78 is 12.2. The number of benzene rings is 1. The van der Waals surface area contributed by atoms with Crippen molar-refractivity contribution >= 4 is 0 Å². The molecule has 1 heterocycles. The number of rotatable bonds is 5. The summed E-state index contributed by atoms with van der Waals surface area (Å²) >= 11 is 0. The van der Waals surface area contributed by atoms with Gasteiger partial charge in [-0.2, -0.15) is 5.26 Å². The monoisotopic (exact) mass is 395 g/mol. The van der Waals surface area contributed by atoms with E-state index < -0.39 is 0 Å². The number of hydrogen-bond acceptors (Lipinski definition) is 3. The fourth-order valence-electron chi connectivity index (χ4n) is 6.14. The van der Waals surface area contributed by atoms with Crippen LogP contribution in [0, 0.1) is 40.9 Å². The smallest absolute Gasteiger partial charge is 0.183 e. The van der Waals surface area contributed by atoms with Crippen molar-refractivity contribution < 1.29 is 9.47 Å². The van der Waals surface area contributed by atoms with Gasteiger partial charge in [0.25, 0.3) is 0 Å². The zero-order chi connectivity index (χ0) is 20.1. The molecule has 3 aliphatic rings. The maximum atomic E-state index is 8.94. The van der Waals surface area contributed by atoms with Gasteiger partial charge in [0.05, 0.1) is 24.8 Å². The Morgan fingerprint density at radius 3 is 1.83 bits per heavy atom. The summed E-state index contributed by atoms with van der Waals surface area (Å²) in [4.78, 5) is 0. The van der Waals surface area contributed by atoms with Gasteiger partial charge in [0.2, 0.25) is 0 Å². The molecular formula is C26H37NO2. The normalized spacial score (nSPS) is 35.7. The highest BCUT2D eigenvalue weighted by Gasteiger charge is 2.35. The lowest BCUT2D eigenvalue weighted by atomic mass is 9.67. The van der Waals surface area contributed by atoms with Crippen molar-refractivity contribution in [1.29, 1.82) is 5.26 Å². The summed E-state index contributed by atoms with van der Waals surface area (Å²) in [7, 11) is 0. The molecule has 2 saturated carbocycles. The van der Waals surface area contributed by atoms with Crippen molar-refractivity contribution in [2.75, 3.05) is 13.2 Å². The van der Waals surface area contributed by atoms with E-state index in [0.717, 1.165) is 42.4 Å². The maximum Gasteiger partial charge on any atom is 0.183 e. The molecule has 4 rings (SSSR count). The summed E-state index contributed by atoms with van der Waals surface area (Å²) in [5, 5.41) is 8.94. The number of nitriles is 1. The SMILES string of the molecule is CCCC1CCC(C2CCC(C3COC(c4ccc(C#N)cc4)OC3)CC2)CC1. The minimum Gasteiger partial charge on any atom is -0.348 e. The zero-order valence-electron chi connectivity index (χ0n) is 18.0. The first-order valence-electron chi connectivity index (χ1n) is 12.0. The lowest BCUT2D eigenvalue weighted by Crippen LogP contribution is -2.35. The molecule has 0 atom stereocenters. The van der Waals surface area contributed by atoms with Gasteiger partial charge in [-0.05, 0) is 74.3 Å². The fourth-order valence-corrected chi connectivity index (χ4v) is 6.14. The molecule has 0 amide bonds. The molecule has 0 aromatic heterocycles. The van der Waals surface area contributed by atoms with Crippen LogP contribution < -0.4 is 0 Å². The van der Waals surface area contributed by atoms with E-state index in [1.54, 1.807) is 0 Å².